The van der Waals surface area contributed by atoms with E-state index >= 15 is 0 Å². The van der Waals surface area contributed by atoms with Gasteiger partial charge in [-0.25, -0.2) is 0 Å². The number of ether oxygens (including phenoxy) is 2. The summed E-state index contributed by atoms with van der Waals surface area (Å²) >= 11 is 0. The summed E-state index contributed by atoms with van der Waals surface area (Å²) in [7, 11) is 1.59. The van der Waals surface area contributed by atoms with Crippen LogP contribution in [0.4, 0.5) is 0 Å². The van der Waals surface area contributed by atoms with E-state index in [0.29, 0.717) is 30.0 Å². The van der Waals surface area contributed by atoms with Gasteiger partial charge in [-0.3, -0.25) is 14.5 Å². The minimum absolute atomic E-state index is 0.0961. The van der Waals surface area contributed by atoms with Crippen molar-refractivity contribution in [2.45, 2.75) is 31.8 Å². The lowest BCUT2D eigenvalue weighted by molar-refractivity contribution is -0.00806. The summed E-state index contributed by atoms with van der Waals surface area (Å²) in [5, 5.41) is 0.978. The van der Waals surface area contributed by atoms with Crippen LogP contribution in [0.15, 0.2) is 42.6 Å². The molecule has 6 heteroatoms. The van der Waals surface area contributed by atoms with Crippen LogP contribution in [0.2, 0.25) is 0 Å². The molecule has 0 bridgehead atoms. The van der Waals surface area contributed by atoms with Gasteiger partial charge < -0.3 is 14.5 Å². The summed E-state index contributed by atoms with van der Waals surface area (Å²) in [4.78, 5) is 31.1. The quantitative estimate of drug-likeness (QED) is 0.644. The molecule has 1 saturated heterocycles. The number of aromatic amines is 1. The van der Waals surface area contributed by atoms with Crippen LogP contribution in [0.25, 0.3) is 10.9 Å². The van der Waals surface area contributed by atoms with Crippen LogP contribution in [-0.2, 0) is 0 Å². The van der Waals surface area contributed by atoms with Gasteiger partial charge in [-0.05, 0) is 37.3 Å². The Balaban J connectivity index is 1.26. The van der Waals surface area contributed by atoms with Gasteiger partial charge in [-0.2, -0.15) is 0 Å². The molecule has 1 N–H and O–H groups in total. The minimum atomic E-state index is -0.476. The molecule has 1 fully saturated rings. The number of carbonyl (C=O) groups excluding carboxylic acids is 2. The van der Waals surface area contributed by atoms with E-state index in [2.05, 4.69) is 16.0 Å². The molecule has 3 aromatic rings. The Morgan fingerprint density at radius 3 is 2.77 bits per heavy atom. The molecule has 3 heterocycles. The van der Waals surface area contributed by atoms with Crippen molar-refractivity contribution < 1.29 is 19.1 Å². The van der Waals surface area contributed by atoms with Crippen molar-refractivity contribution in [3.05, 3.63) is 59.3 Å². The Kier molecular flexibility index (Phi) is 4.82. The SMILES string of the molecule is COc1ccc2c(c1)C(=O)CC1(CCN(CC(=O)c3c[nH]c4ccc(C)cc34)CC1)O2. The third kappa shape index (κ3) is 3.61. The van der Waals surface area contributed by atoms with Crippen molar-refractivity contribution in [3.63, 3.8) is 0 Å². The molecule has 1 aromatic heterocycles. The van der Waals surface area contributed by atoms with Crippen LogP contribution in [0, 0.1) is 6.92 Å². The number of nitrogens with one attached hydrogen (secondary N) is 1. The summed E-state index contributed by atoms with van der Waals surface area (Å²) in [5.41, 5.74) is 2.98. The van der Waals surface area contributed by atoms with E-state index in [9.17, 15) is 9.59 Å². The second kappa shape index (κ2) is 7.54. The Hall–Kier alpha value is -3.12. The Morgan fingerprint density at radius 1 is 1.19 bits per heavy atom. The molecular formula is C25H26N2O4. The normalized spacial score (nSPS) is 18.1. The third-order valence-electron chi connectivity index (χ3n) is 6.57. The molecule has 31 heavy (non-hydrogen) atoms. The van der Waals surface area contributed by atoms with E-state index < -0.39 is 5.60 Å². The number of rotatable bonds is 4. The molecule has 0 aliphatic carbocycles. The highest BCUT2D eigenvalue weighted by molar-refractivity contribution is 6.09. The lowest BCUT2D eigenvalue weighted by Gasteiger charge is -2.43. The average molecular weight is 418 g/mol. The van der Waals surface area contributed by atoms with Crippen molar-refractivity contribution in [1.82, 2.24) is 9.88 Å². The van der Waals surface area contributed by atoms with E-state index in [1.54, 1.807) is 13.2 Å². The lowest BCUT2D eigenvalue weighted by Crippen LogP contribution is -2.51. The third-order valence-corrected chi connectivity index (χ3v) is 6.57. The average Bonchev–Trinajstić information content (AvgIpc) is 3.18. The van der Waals surface area contributed by atoms with Gasteiger partial charge in [0.1, 0.15) is 17.1 Å². The fourth-order valence-corrected chi connectivity index (χ4v) is 4.75. The van der Waals surface area contributed by atoms with Gasteiger partial charge in [0.05, 0.1) is 25.6 Å². The van der Waals surface area contributed by atoms with Crippen LogP contribution in [0.5, 0.6) is 11.5 Å². The van der Waals surface area contributed by atoms with Crippen LogP contribution < -0.4 is 9.47 Å². The molecule has 0 amide bonds. The van der Waals surface area contributed by atoms with Crippen molar-refractivity contribution >= 4 is 22.5 Å². The molecular weight excluding hydrogens is 392 g/mol. The van der Waals surface area contributed by atoms with E-state index in [4.69, 9.17) is 9.47 Å². The van der Waals surface area contributed by atoms with Gasteiger partial charge in [0.15, 0.2) is 11.6 Å². The fraction of sp³-hybridized carbons (Fsp3) is 0.360. The van der Waals surface area contributed by atoms with Crippen molar-refractivity contribution in [2.24, 2.45) is 0 Å². The minimum Gasteiger partial charge on any atom is -0.497 e. The standard InChI is InChI=1S/C25H26N2O4/c1-16-3-5-21-18(11-16)20(14-26-21)23(29)15-27-9-7-25(8-10-27)13-22(28)19-12-17(30-2)4-6-24(19)31-25/h3-6,11-12,14,26H,7-10,13,15H2,1-2H3. The molecule has 0 radical (unpaired) electrons. The van der Waals surface area contributed by atoms with Crippen LogP contribution in [0.1, 0.15) is 45.5 Å². The number of carbonyl (C=O) groups is 2. The first kappa shape index (κ1) is 19.8. The first-order valence-electron chi connectivity index (χ1n) is 10.7. The van der Waals surface area contributed by atoms with E-state index in [0.717, 1.165) is 48.0 Å². The van der Waals surface area contributed by atoms with Crippen LogP contribution in [0.3, 0.4) is 0 Å². The number of hydrogen-bond donors (Lipinski definition) is 1. The number of methoxy groups -OCH3 is 1. The van der Waals surface area contributed by atoms with Crippen molar-refractivity contribution in [2.75, 3.05) is 26.7 Å². The molecule has 6 nitrogen and oxygen atoms in total. The summed E-state index contributed by atoms with van der Waals surface area (Å²) in [5.74, 6) is 1.51. The Bertz CT molecular complexity index is 1170. The zero-order valence-corrected chi connectivity index (χ0v) is 17.9. The molecule has 2 aromatic carbocycles. The van der Waals surface area contributed by atoms with Gasteiger partial charge in [0.25, 0.3) is 0 Å². The summed E-state index contributed by atoms with van der Waals surface area (Å²) in [6.07, 6.45) is 3.64. The molecule has 0 saturated carbocycles. The number of aromatic nitrogens is 1. The second-order valence-corrected chi connectivity index (χ2v) is 8.70. The number of H-pyrrole nitrogens is 1. The predicted octanol–water partition coefficient (Wildman–Crippen LogP) is 4.17. The number of nitrogens with zero attached hydrogens (tertiary/aromatic N) is 1. The highest BCUT2D eigenvalue weighted by atomic mass is 16.5. The number of hydrogen-bond acceptors (Lipinski definition) is 5. The summed E-state index contributed by atoms with van der Waals surface area (Å²) in [6.45, 7) is 3.86. The van der Waals surface area contributed by atoms with Gasteiger partial charge in [0, 0.05) is 48.6 Å². The fourth-order valence-electron chi connectivity index (χ4n) is 4.75. The maximum atomic E-state index is 13.0. The second-order valence-electron chi connectivity index (χ2n) is 8.70. The van der Waals surface area contributed by atoms with Crippen LogP contribution in [-0.4, -0.2) is 53.8 Å². The van der Waals surface area contributed by atoms with Gasteiger partial charge in [-0.15, -0.1) is 0 Å². The Morgan fingerprint density at radius 2 is 2.00 bits per heavy atom. The zero-order valence-electron chi connectivity index (χ0n) is 17.9. The zero-order chi connectivity index (χ0) is 21.6. The summed E-state index contributed by atoms with van der Waals surface area (Å²) < 4.78 is 11.6. The van der Waals surface area contributed by atoms with E-state index in [-0.39, 0.29) is 11.6 Å². The highest BCUT2D eigenvalue weighted by Gasteiger charge is 2.43. The van der Waals surface area contributed by atoms with Crippen molar-refractivity contribution in [3.8, 4) is 11.5 Å². The van der Waals surface area contributed by atoms with E-state index in [1.807, 2.05) is 37.4 Å². The summed E-state index contributed by atoms with van der Waals surface area (Å²) in [6, 6.07) is 11.5. The number of likely N-dealkylation sites (tertiary alicyclic amines) is 1. The van der Waals surface area contributed by atoms with Gasteiger partial charge in [0.2, 0.25) is 0 Å². The molecule has 5 rings (SSSR count). The Labute approximate surface area is 181 Å². The van der Waals surface area contributed by atoms with E-state index in [1.165, 1.54) is 0 Å². The largest absolute Gasteiger partial charge is 0.497 e. The molecule has 160 valence electrons. The molecule has 0 unspecified atom stereocenters. The molecule has 2 aliphatic heterocycles. The highest BCUT2D eigenvalue weighted by Crippen LogP contribution is 2.40. The number of fused-ring (bicyclic) bond motifs is 2. The van der Waals surface area contributed by atoms with Gasteiger partial charge >= 0.3 is 0 Å². The topological polar surface area (TPSA) is 71.6 Å². The number of Topliss-reactive ketones (excluding diaryl/α,β-unsaturated/α-hetero) is 2. The first-order chi connectivity index (χ1) is 15.0. The monoisotopic (exact) mass is 418 g/mol. The molecule has 2 aliphatic rings. The lowest BCUT2D eigenvalue weighted by atomic mass is 9.82. The van der Waals surface area contributed by atoms with Crippen LogP contribution >= 0.6 is 0 Å². The predicted molar refractivity (Wildman–Crippen MR) is 118 cm³/mol. The van der Waals surface area contributed by atoms with Crippen molar-refractivity contribution in [1.29, 1.82) is 0 Å². The first-order valence-corrected chi connectivity index (χ1v) is 10.7. The maximum absolute atomic E-state index is 13.0. The molecule has 0 atom stereocenters. The van der Waals surface area contributed by atoms with Gasteiger partial charge in [-0.1, -0.05) is 11.6 Å². The number of aryl methyl sites for hydroxylation is 1. The number of piperidine rings is 1. The molecule has 1 spiro atoms. The maximum Gasteiger partial charge on any atom is 0.178 e. The number of benzene rings is 2. The smallest absolute Gasteiger partial charge is 0.178 e. The number of ketones is 2.